The minimum absolute atomic E-state index is 0.175. The largest absolute Gasteiger partial charge is 0.396 e. The quantitative estimate of drug-likeness (QED) is 0.837. The minimum Gasteiger partial charge on any atom is -0.396 e. The van der Waals surface area contributed by atoms with Gasteiger partial charge in [-0.1, -0.05) is 0 Å². The third kappa shape index (κ3) is 4.81. The molecule has 0 aliphatic heterocycles. The van der Waals surface area contributed by atoms with E-state index in [0.29, 0.717) is 12.4 Å². The van der Waals surface area contributed by atoms with Crippen molar-refractivity contribution in [1.82, 2.24) is 9.97 Å². The molecule has 0 amide bonds. The van der Waals surface area contributed by atoms with Crippen LogP contribution in [-0.2, 0) is 0 Å². The maximum atomic E-state index is 8.89. The number of hydrogen-bond acceptors (Lipinski definition) is 5. The average molecular weight is 292 g/mol. The van der Waals surface area contributed by atoms with E-state index in [0.717, 1.165) is 10.2 Å². The standard InChI is InChI=1S/C9H14BrN3OS/c1-15-6-8(2-3-14)13-9-11-4-7(10)5-12-9/h4-5,8,14H,2-3,6H2,1H3,(H,11,12,13). The Kier molecular flexibility index (Phi) is 5.97. The monoisotopic (exact) mass is 291 g/mol. The number of aliphatic hydroxyl groups is 1. The van der Waals surface area contributed by atoms with Crippen LogP contribution in [0.4, 0.5) is 5.95 Å². The van der Waals surface area contributed by atoms with Crippen molar-refractivity contribution in [3.8, 4) is 0 Å². The second kappa shape index (κ2) is 7.03. The lowest BCUT2D eigenvalue weighted by Crippen LogP contribution is -2.24. The van der Waals surface area contributed by atoms with Gasteiger partial charge in [0.05, 0.1) is 4.47 Å². The Balaban J connectivity index is 2.53. The van der Waals surface area contributed by atoms with Crippen molar-refractivity contribution in [2.45, 2.75) is 12.5 Å². The van der Waals surface area contributed by atoms with Gasteiger partial charge in [0.2, 0.25) is 5.95 Å². The number of nitrogens with one attached hydrogen (secondary N) is 1. The highest BCUT2D eigenvalue weighted by Crippen LogP contribution is 2.10. The van der Waals surface area contributed by atoms with Gasteiger partial charge in [0.25, 0.3) is 0 Å². The number of thioether (sulfide) groups is 1. The van der Waals surface area contributed by atoms with E-state index in [-0.39, 0.29) is 12.6 Å². The molecular formula is C9H14BrN3OS. The Hall–Kier alpha value is -0.330. The van der Waals surface area contributed by atoms with E-state index in [1.165, 1.54) is 0 Å². The summed E-state index contributed by atoms with van der Waals surface area (Å²) in [7, 11) is 0. The number of halogens is 1. The number of anilines is 1. The summed E-state index contributed by atoms with van der Waals surface area (Å²) in [6.45, 7) is 0.175. The summed E-state index contributed by atoms with van der Waals surface area (Å²) in [5.74, 6) is 1.53. The van der Waals surface area contributed by atoms with Crippen molar-refractivity contribution in [2.24, 2.45) is 0 Å². The van der Waals surface area contributed by atoms with Crippen LogP contribution < -0.4 is 5.32 Å². The molecule has 0 spiro atoms. The second-order valence-corrected chi connectivity index (χ2v) is 4.86. The smallest absolute Gasteiger partial charge is 0.222 e. The fourth-order valence-corrected chi connectivity index (χ4v) is 1.98. The molecule has 0 aliphatic rings. The zero-order chi connectivity index (χ0) is 11.1. The molecule has 2 N–H and O–H groups in total. The number of nitrogens with zero attached hydrogens (tertiary/aromatic N) is 2. The molecule has 1 aromatic rings. The SMILES string of the molecule is CSCC(CCO)Nc1ncc(Br)cn1. The first-order valence-corrected chi connectivity index (χ1v) is 6.79. The van der Waals surface area contributed by atoms with Gasteiger partial charge in [0, 0.05) is 30.8 Å². The molecule has 0 saturated carbocycles. The topological polar surface area (TPSA) is 58.0 Å². The number of aromatic nitrogens is 2. The lowest BCUT2D eigenvalue weighted by molar-refractivity contribution is 0.282. The fourth-order valence-electron chi connectivity index (χ4n) is 1.12. The highest BCUT2D eigenvalue weighted by Gasteiger charge is 2.08. The molecule has 0 radical (unpaired) electrons. The van der Waals surface area contributed by atoms with Crippen molar-refractivity contribution < 1.29 is 5.11 Å². The van der Waals surface area contributed by atoms with Gasteiger partial charge in [0.1, 0.15) is 0 Å². The zero-order valence-electron chi connectivity index (χ0n) is 8.48. The molecule has 0 saturated heterocycles. The maximum absolute atomic E-state index is 8.89. The van der Waals surface area contributed by atoms with Gasteiger partial charge in [-0.25, -0.2) is 9.97 Å². The van der Waals surface area contributed by atoms with Crippen molar-refractivity contribution in [3.05, 3.63) is 16.9 Å². The van der Waals surface area contributed by atoms with E-state index in [1.807, 2.05) is 6.26 Å². The summed E-state index contributed by atoms with van der Waals surface area (Å²) in [4.78, 5) is 8.25. The lowest BCUT2D eigenvalue weighted by atomic mass is 10.2. The Morgan fingerprint density at radius 2 is 2.20 bits per heavy atom. The first-order chi connectivity index (χ1) is 7.26. The summed E-state index contributed by atoms with van der Waals surface area (Å²) < 4.78 is 0.858. The van der Waals surface area contributed by atoms with Crippen LogP contribution in [0.3, 0.4) is 0 Å². The molecule has 0 bridgehead atoms. The van der Waals surface area contributed by atoms with Crippen LogP contribution in [0.25, 0.3) is 0 Å². The molecular weight excluding hydrogens is 278 g/mol. The van der Waals surface area contributed by atoms with Crippen LogP contribution >= 0.6 is 27.7 Å². The van der Waals surface area contributed by atoms with Crippen LogP contribution in [-0.4, -0.2) is 39.7 Å². The van der Waals surface area contributed by atoms with E-state index in [1.54, 1.807) is 24.2 Å². The van der Waals surface area contributed by atoms with E-state index < -0.39 is 0 Å². The normalized spacial score (nSPS) is 12.5. The predicted octanol–water partition coefficient (Wildman–Crippen LogP) is 1.76. The molecule has 1 aromatic heterocycles. The number of aliphatic hydroxyl groups excluding tert-OH is 1. The summed E-state index contributed by atoms with van der Waals surface area (Å²) in [5, 5.41) is 12.1. The van der Waals surface area contributed by atoms with E-state index in [4.69, 9.17) is 5.11 Å². The van der Waals surface area contributed by atoms with Crippen LogP contribution in [0, 0.1) is 0 Å². The summed E-state index contributed by atoms with van der Waals surface area (Å²) >= 11 is 5.01. The Morgan fingerprint density at radius 1 is 1.53 bits per heavy atom. The molecule has 15 heavy (non-hydrogen) atoms. The van der Waals surface area contributed by atoms with Gasteiger partial charge in [0.15, 0.2) is 0 Å². The van der Waals surface area contributed by atoms with Crippen LogP contribution in [0.15, 0.2) is 16.9 Å². The molecule has 0 aliphatic carbocycles. The summed E-state index contributed by atoms with van der Waals surface area (Å²) in [5.41, 5.74) is 0. The highest BCUT2D eigenvalue weighted by atomic mass is 79.9. The molecule has 4 nitrogen and oxygen atoms in total. The summed E-state index contributed by atoms with van der Waals surface area (Å²) in [6, 6.07) is 0.214. The van der Waals surface area contributed by atoms with Crippen LogP contribution in [0.5, 0.6) is 0 Å². The number of rotatable bonds is 6. The molecule has 1 unspecified atom stereocenters. The second-order valence-electron chi connectivity index (χ2n) is 3.03. The Morgan fingerprint density at radius 3 is 2.73 bits per heavy atom. The van der Waals surface area contributed by atoms with E-state index >= 15 is 0 Å². The van der Waals surface area contributed by atoms with Gasteiger partial charge in [-0.3, -0.25) is 0 Å². The van der Waals surface area contributed by atoms with E-state index in [9.17, 15) is 0 Å². The van der Waals surface area contributed by atoms with Gasteiger partial charge >= 0.3 is 0 Å². The van der Waals surface area contributed by atoms with Crippen molar-refractivity contribution in [1.29, 1.82) is 0 Å². The molecule has 1 heterocycles. The molecule has 0 fully saturated rings. The Bertz CT molecular complexity index is 277. The zero-order valence-corrected chi connectivity index (χ0v) is 10.9. The maximum Gasteiger partial charge on any atom is 0.222 e. The fraction of sp³-hybridized carbons (Fsp3) is 0.556. The lowest BCUT2D eigenvalue weighted by Gasteiger charge is -2.16. The first-order valence-electron chi connectivity index (χ1n) is 4.60. The third-order valence-corrected chi connectivity index (χ3v) is 2.94. The van der Waals surface area contributed by atoms with Gasteiger partial charge in [-0.15, -0.1) is 0 Å². The van der Waals surface area contributed by atoms with Crippen LogP contribution in [0.2, 0.25) is 0 Å². The van der Waals surface area contributed by atoms with Crippen molar-refractivity contribution in [2.75, 3.05) is 23.9 Å². The van der Waals surface area contributed by atoms with Crippen molar-refractivity contribution in [3.63, 3.8) is 0 Å². The number of hydrogen-bond donors (Lipinski definition) is 2. The molecule has 84 valence electrons. The van der Waals surface area contributed by atoms with Gasteiger partial charge in [-0.05, 0) is 28.6 Å². The molecule has 0 aromatic carbocycles. The van der Waals surface area contributed by atoms with Crippen LogP contribution in [0.1, 0.15) is 6.42 Å². The Labute approximate surface area is 102 Å². The first kappa shape index (κ1) is 12.7. The predicted molar refractivity (Wildman–Crippen MR) is 67.2 cm³/mol. The summed E-state index contributed by atoms with van der Waals surface area (Å²) in [6.07, 6.45) is 6.14. The van der Waals surface area contributed by atoms with Gasteiger partial charge in [-0.2, -0.15) is 11.8 Å². The average Bonchev–Trinajstić information content (AvgIpc) is 2.22. The molecule has 1 atom stereocenters. The third-order valence-electron chi connectivity index (χ3n) is 1.80. The highest BCUT2D eigenvalue weighted by molar-refractivity contribution is 9.10. The molecule has 6 heteroatoms. The van der Waals surface area contributed by atoms with Crippen molar-refractivity contribution >= 4 is 33.6 Å². The van der Waals surface area contributed by atoms with E-state index in [2.05, 4.69) is 31.2 Å². The molecule has 1 rings (SSSR count). The van der Waals surface area contributed by atoms with Gasteiger partial charge < -0.3 is 10.4 Å². The minimum atomic E-state index is 0.175.